The van der Waals surface area contributed by atoms with Crippen LogP contribution in [0.15, 0.2) is 18.0 Å². The molecule has 0 aliphatic heterocycles. The number of benzene rings is 1. The Balaban J connectivity index is 3.21. The van der Waals surface area contributed by atoms with E-state index in [0.29, 0.717) is 6.08 Å². The molecule has 17 heavy (non-hydrogen) atoms. The molecule has 0 saturated heterocycles. The molecule has 0 amide bonds. The number of nitrogens with one attached hydrogen (secondary N) is 1. The molecule has 4 nitrogen and oxygen atoms in total. The molecule has 0 spiro atoms. The largest absolute Gasteiger partial charge is 0.464 e. The maximum absolute atomic E-state index is 13.6. The van der Waals surface area contributed by atoms with Gasteiger partial charge in [0.2, 0.25) is 5.83 Å². The van der Waals surface area contributed by atoms with Crippen molar-refractivity contribution in [1.82, 2.24) is 0 Å². The molecule has 0 bridgehead atoms. The van der Waals surface area contributed by atoms with Crippen LogP contribution in [0.5, 0.6) is 0 Å². The van der Waals surface area contributed by atoms with Gasteiger partial charge in [0.05, 0.1) is 12.8 Å². The second-order valence-corrected chi connectivity index (χ2v) is 3.10. The molecule has 0 saturated carbocycles. The summed E-state index contributed by atoms with van der Waals surface area (Å²) in [6.45, 7) is 0. The third-order valence-electron chi connectivity index (χ3n) is 2.06. The number of esters is 1. The Kier molecular flexibility index (Phi) is 3.92. The fourth-order valence-electron chi connectivity index (χ4n) is 1.16. The van der Waals surface area contributed by atoms with Gasteiger partial charge in [-0.25, -0.2) is 9.18 Å². The number of carbonyl (C=O) groups is 1. The molecule has 1 aromatic rings. The number of anilines is 1. The normalized spacial score (nSPS) is 11.1. The predicted octanol–water partition coefficient (Wildman–Crippen LogP) is 1.89. The van der Waals surface area contributed by atoms with Crippen molar-refractivity contribution in [2.75, 3.05) is 12.8 Å². The van der Waals surface area contributed by atoms with E-state index >= 15 is 0 Å². The van der Waals surface area contributed by atoms with Crippen LogP contribution in [0.1, 0.15) is 11.1 Å². The number of halogens is 2. The quantitative estimate of drug-likeness (QED) is 0.366. The Labute approximate surface area is 96.2 Å². The lowest BCUT2D eigenvalue weighted by atomic mass is 10.1. The molecule has 6 heteroatoms. The van der Waals surface area contributed by atoms with Gasteiger partial charge in [-0.1, -0.05) is 12.1 Å². The molecule has 0 fully saturated rings. The monoisotopic (exact) mass is 240 g/mol. The van der Waals surface area contributed by atoms with Crippen molar-refractivity contribution in [2.24, 2.45) is 0 Å². The molecule has 1 aromatic carbocycles. The van der Waals surface area contributed by atoms with Crippen LogP contribution in [-0.2, 0) is 9.53 Å². The summed E-state index contributed by atoms with van der Waals surface area (Å²) < 4.78 is 30.8. The van der Waals surface area contributed by atoms with Crippen LogP contribution in [0.2, 0.25) is 0 Å². The first-order chi connectivity index (χ1) is 8.01. The highest BCUT2D eigenvalue weighted by Crippen LogP contribution is 2.21. The Morgan fingerprint density at radius 1 is 1.47 bits per heavy atom. The van der Waals surface area contributed by atoms with Crippen molar-refractivity contribution < 1.29 is 18.3 Å². The van der Waals surface area contributed by atoms with Crippen LogP contribution in [0, 0.1) is 11.2 Å². The first-order valence-corrected chi connectivity index (χ1v) is 4.55. The van der Waals surface area contributed by atoms with Crippen LogP contribution in [0.3, 0.4) is 0 Å². The van der Waals surface area contributed by atoms with E-state index in [4.69, 9.17) is 11.1 Å². The summed E-state index contributed by atoms with van der Waals surface area (Å²) in [5.41, 5.74) is 5.11. The van der Waals surface area contributed by atoms with Gasteiger partial charge in [0.1, 0.15) is 0 Å². The zero-order chi connectivity index (χ0) is 13.0. The van der Waals surface area contributed by atoms with Crippen LogP contribution in [0.4, 0.5) is 14.5 Å². The maximum Gasteiger partial charge on any atom is 0.366 e. The van der Waals surface area contributed by atoms with Gasteiger partial charge >= 0.3 is 5.97 Å². The first-order valence-electron chi connectivity index (χ1n) is 4.55. The fourth-order valence-corrected chi connectivity index (χ4v) is 1.16. The van der Waals surface area contributed by atoms with E-state index in [-0.39, 0.29) is 16.8 Å². The SMILES string of the molecule is COC(=O)/C(F)=C/c1ccc(C=N)c(N)c1F. The average Bonchev–Trinajstić information content (AvgIpc) is 2.34. The highest BCUT2D eigenvalue weighted by atomic mass is 19.1. The number of methoxy groups -OCH3 is 1. The molecule has 0 aliphatic carbocycles. The maximum atomic E-state index is 13.6. The molecule has 0 unspecified atom stereocenters. The van der Waals surface area contributed by atoms with Crippen LogP contribution in [-0.4, -0.2) is 19.3 Å². The summed E-state index contributed by atoms with van der Waals surface area (Å²) in [5.74, 6) is -3.31. The molecular formula is C11H10F2N2O2. The van der Waals surface area contributed by atoms with Gasteiger partial charge in [-0.3, -0.25) is 0 Å². The fraction of sp³-hybridized carbons (Fsp3) is 0.0909. The smallest absolute Gasteiger partial charge is 0.366 e. The van der Waals surface area contributed by atoms with Crippen molar-refractivity contribution >= 4 is 23.9 Å². The van der Waals surface area contributed by atoms with Crippen LogP contribution >= 0.6 is 0 Å². The number of nitrogens with two attached hydrogens (primary N) is 1. The lowest BCUT2D eigenvalue weighted by molar-refractivity contribution is -0.137. The summed E-state index contributed by atoms with van der Waals surface area (Å²) in [7, 11) is 1.01. The Morgan fingerprint density at radius 2 is 2.06 bits per heavy atom. The number of rotatable bonds is 3. The van der Waals surface area contributed by atoms with Crippen molar-refractivity contribution in [3.63, 3.8) is 0 Å². The van der Waals surface area contributed by atoms with Gasteiger partial charge in [-0.2, -0.15) is 4.39 Å². The van der Waals surface area contributed by atoms with Crippen molar-refractivity contribution in [3.8, 4) is 0 Å². The third-order valence-corrected chi connectivity index (χ3v) is 2.06. The molecule has 0 aliphatic rings. The second kappa shape index (κ2) is 5.20. The summed E-state index contributed by atoms with van der Waals surface area (Å²) in [6, 6.07) is 2.57. The van der Waals surface area contributed by atoms with Gasteiger partial charge in [0.15, 0.2) is 5.82 Å². The van der Waals surface area contributed by atoms with E-state index < -0.39 is 17.6 Å². The van der Waals surface area contributed by atoms with Gasteiger partial charge in [-0.15, -0.1) is 0 Å². The van der Waals surface area contributed by atoms with Crippen molar-refractivity contribution in [1.29, 1.82) is 5.41 Å². The van der Waals surface area contributed by atoms with E-state index in [0.717, 1.165) is 13.3 Å². The standard InChI is InChI=1S/C11H10F2N2O2/c1-17-11(16)8(12)4-6-2-3-7(5-14)10(15)9(6)13/h2-5,14H,15H2,1H3/b8-4-,14-5?. The summed E-state index contributed by atoms with van der Waals surface area (Å²) in [5, 5.41) is 6.96. The van der Waals surface area contributed by atoms with Gasteiger partial charge in [-0.05, 0) is 6.08 Å². The number of hydrogen-bond acceptors (Lipinski definition) is 4. The van der Waals surface area contributed by atoms with E-state index in [9.17, 15) is 13.6 Å². The predicted molar refractivity (Wildman–Crippen MR) is 59.8 cm³/mol. The molecule has 1 rings (SSSR count). The molecular weight excluding hydrogens is 230 g/mol. The second-order valence-electron chi connectivity index (χ2n) is 3.10. The number of nitrogen functional groups attached to an aromatic ring is 1. The highest BCUT2D eigenvalue weighted by molar-refractivity contribution is 5.92. The van der Waals surface area contributed by atoms with E-state index in [2.05, 4.69) is 4.74 Å². The number of ether oxygens (including phenoxy) is 1. The lowest BCUT2D eigenvalue weighted by Gasteiger charge is -2.04. The average molecular weight is 240 g/mol. The molecule has 0 radical (unpaired) electrons. The Bertz CT molecular complexity index is 498. The topological polar surface area (TPSA) is 76.2 Å². The highest BCUT2D eigenvalue weighted by Gasteiger charge is 2.12. The molecule has 3 N–H and O–H groups in total. The van der Waals surface area contributed by atoms with Crippen LogP contribution < -0.4 is 5.73 Å². The molecule has 90 valence electrons. The lowest BCUT2D eigenvalue weighted by Crippen LogP contribution is -2.02. The minimum atomic E-state index is -1.23. The summed E-state index contributed by atoms with van der Waals surface area (Å²) >= 11 is 0. The van der Waals surface area contributed by atoms with E-state index in [1.165, 1.54) is 12.1 Å². The van der Waals surface area contributed by atoms with Crippen LogP contribution in [0.25, 0.3) is 6.08 Å². The number of hydrogen-bond donors (Lipinski definition) is 2. The third kappa shape index (κ3) is 2.66. The van der Waals surface area contributed by atoms with Gasteiger partial charge < -0.3 is 15.9 Å². The van der Waals surface area contributed by atoms with E-state index in [1.54, 1.807) is 0 Å². The van der Waals surface area contributed by atoms with Crippen molar-refractivity contribution in [2.45, 2.75) is 0 Å². The van der Waals surface area contributed by atoms with Gasteiger partial charge in [0.25, 0.3) is 0 Å². The van der Waals surface area contributed by atoms with Gasteiger partial charge in [0, 0.05) is 17.3 Å². The van der Waals surface area contributed by atoms with Crippen molar-refractivity contribution in [3.05, 3.63) is 34.9 Å². The summed E-state index contributed by atoms with van der Waals surface area (Å²) in [4.78, 5) is 10.8. The molecule has 0 atom stereocenters. The first kappa shape index (κ1) is 12.8. The zero-order valence-corrected chi connectivity index (χ0v) is 8.96. The minimum absolute atomic E-state index is 0.179. The minimum Gasteiger partial charge on any atom is -0.464 e. The zero-order valence-electron chi connectivity index (χ0n) is 8.96. The Morgan fingerprint density at radius 3 is 2.59 bits per heavy atom. The number of carbonyl (C=O) groups excluding carboxylic acids is 1. The Hall–Kier alpha value is -2.24. The summed E-state index contributed by atoms with van der Waals surface area (Å²) in [6.07, 6.45) is 1.56. The van der Waals surface area contributed by atoms with E-state index in [1.807, 2.05) is 0 Å². The molecule has 0 aromatic heterocycles. The molecule has 0 heterocycles.